The fourth-order valence-electron chi connectivity index (χ4n) is 22.7. The number of para-hydroxylation sites is 6. The van der Waals surface area contributed by atoms with Crippen LogP contribution < -0.4 is 9.80 Å². The number of anilines is 6. The Kier molecular flexibility index (Phi) is 19.4. The van der Waals surface area contributed by atoms with E-state index >= 15 is 0 Å². The average molecular weight is 1740 g/mol. The number of benzene rings is 22. The van der Waals surface area contributed by atoms with E-state index in [0.717, 1.165) is 45.5 Å². The van der Waals surface area contributed by atoms with Gasteiger partial charge in [-0.2, -0.15) is 0 Å². The second-order valence-corrected chi connectivity index (χ2v) is 37.9. The normalized spacial score (nSPS) is 12.8. The van der Waals surface area contributed by atoms with Crippen LogP contribution in [-0.4, -0.2) is 9.13 Å². The van der Waals surface area contributed by atoms with Crippen LogP contribution in [0.15, 0.2) is 473 Å². The lowest BCUT2D eigenvalue weighted by atomic mass is 9.80. The number of nitrogens with zero attached hydrogens (tertiary/aromatic N) is 4. The van der Waals surface area contributed by atoms with Gasteiger partial charge >= 0.3 is 0 Å². The molecule has 0 atom stereocenters. The van der Waals surface area contributed by atoms with Gasteiger partial charge in [-0.3, -0.25) is 0 Å². The molecule has 4 heteroatoms. The van der Waals surface area contributed by atoms with Crippen LogP contribution in [0, 0.1) is 13.8 Å². The minimum Gasteiger partial charge on any atom is -0.310 e. The zero-order valence-corrected chi connectivity index (χ0v) is 76.8. The van der Waals surface area contributed by atoms with Gasteiger partial charge in [0.05, 0.1) is 22.1 Å². The summed E-state index contributed by atoms with van der Waals surface area (Å²) in [7, 11) is 0. The predicted molar refractivity (Wildman–Crippen MR) is 578 cm³/mol. The Morgan fingerprint density at radius 3 is 0.750 bits per heavy atom. The van der Waals surface area contributed by atoms with Crippen molar-refractivity contribution in [3.63, 3.8) is 0 Å². The van der Waals surface area contributed by atoms with E-state index in [-0.39, 0.29) is 10.8 Å². The maximum absolute atomic E-state index is 2.50. The van der Waals surface area contributed by atoms with Crippen molar-refractivity contribution < 1.29 is 0 Å². The summed E-state index contributed by atoms with van der Waals surface area (Å²) in [6, 6.07) is 175. The van der Waals surface area contributed by atoms with Gasteiger partial charge in [-0.15, -0.1) is 0 Å². The second-order valence-electron chi connectivity index (χ2n) is 37.9. The Bertz CT molecular complexity index is 8760. The zero-order chi connectivity index (χ0) is 91.0. The highest BCUT2D eigenvalue weighted by Gasteiger charge is 2.39. The molecule has 26 rings (SSSR count). The van der Waals surface area contributed by atoms with Crippen molar-refractivity contribution in [2.75, 3.05) is 9.80 Å². The smallest absolute Gasteiger partial charge is 0.0541 e. The van der Waals surface area contributed by atoms with E-state index in [0.29, 0.717) is 0 Å². The van der Waals surface area contributed by atoms with Crippen LogP contribution in [0.5, 0.6) is 0 Å². The highest BCUT2D eigenvalue weighted by atomic mass is 15.2. The molecule has 4 nitrogen and oxygen atoms in total. The first kappa shape index (κ1) is 81.1. The van der Waals surface area contributed by atoms with Gasteiger partial charge in [0.2, 0.25) is 0 Å². The summed E-state index contributed by atoms with van der Waals surface area (Å²) in [5.41, 5.74) is 41.5. The molecule has 0 aliphatic heterocycles. The molecule has 0 radical (unpaired) electrons. The van der Waals surface area contributed by atoms with Crippen molar-refractivity contribution in [2.24, 2.45) is 0 Å². The van der Waals surface area contributed by atoms with E-state index in [1.165, 1.54) is 209 Å². The Morgan fingerprint density at radius 2 is 0.404 bits per heavy atom. The number of hydrogen-bond acceptors (Lipinski definition) is 2. The van der Waals surface area contributed by atoms with Gasteiger partial charge < -0.3 is 18.9 Å². The molecule has 0 saturated carbocycles. The predicted octanol–water partition coefficient (Wildman–Crippen LogP) is 36.4. The Labute approximate surface area is 793 Å². The van der Waals surface area contributed by atoms with Gasteiger partial charge in [0.25, 0.3) is 0 Å². The molecular weight excluding hydrogens is 1640 g/mol. The van der Waals surface area contributed by atoms with Crippen molar-refractivity contribution in [1.82, 2.24) is 9.13 Å². The molecule has 2 aliphatic carbocycles. The molecule has 644 valence electrons. The van der Waals surface area contributed by atoms with E-state index in [9.17, 15) is 0 Å². The van der Waals surface area contributed by atoms with E-state index in [1.807, 2.05) is 0 Å². The third kappa shape index (κ3) is 13.4. The minimum atomic E-state index is -0.249. The standard InChI is InChI=1S/2C66H48N2/c1-43-26-37-58-59(40-43)64(46-29-27-45(28-30-46)44-16-6-4-7-17-44)56-22-10-11-23-57(56)65(58)47-31-38-52-53-39-36-51(42-61(53)66(2,3)60(52)41-47)67(48-18-8-5-9-19-48)49-32-34-50(35-33-49)68-62-24-14-12-20-54(62)55-21-13-15-25-63(55)68;1-43-26-37-58-59(40-43)65(57-23-11-10-22-56(57)64(58)46-29-27-45(28-30-46)44-16-6-4-7-17-44)47-31-38-52-53-39-36-51(42-61(53)66(2,3)60(52)41-47)67(48-18-8-5-9-19-48)49-32-34-50(35-33-49)68-62-24-14-12-20-54(62)55-21-13-15-25-63(55)68/h2*4-42H,1-3H3. The van der Waals surface area contributed by atoms with E-state index in [4.69, 9.17) is 0 Å². The van der Waals surface area contributed by atoms with Crippen LogP contribution in [0.3, 0.4) is 0 Å². The molecule has 0 bridgehead atoms. The van der Waals surface area contributed by atoms with Crippen molar-refractivity contribution >= 4 is 121 Å². The highest BCUT2D eigenvalue weighted by molar-refractivity contribution is 6.24. The zero-order valence-electron chi connectivity index (χ0n) is 76.8. The average Bonchev–Trinajstić information content (AvgIpc) is 0.863. The molecule has 24 aromatic rings. The van der Waals surface area contributed by atoms with E-state index < -0.39 is 0 Å². The molecule has 0 unspecified atom stereocenters. The monoisotopic (exact) mass is 1740 g/mol. The molecule has 136 heavy (non-hydrogen) atoms. The number of rotatable bonds is 14. The van der Waals surface area contributed by atoms with Crippen LogP contribution in [0.4, 0.5) is 34.1 Å². The topological polar surface area (TPSA) is 16.3 Å². The Balaban J connectivity index is 0.000000145. The quantitative estimate of drug-likeness (QED) is 0.101. The van der Waals surface area contributed by atoms with Gasteiger partial charge in [-0.05, 0) is 302 Å². The molecule has 0 N–H and O–H groups in total. The van der Waals surface area contributed by atoms with Gasteiger partial charge in [0, 0.05) is 77.9 Å². The first-order valence-electron chi connectivity index (χ1n) is 47.5. The molecule has 0 saturated heterocycles. The molecule has 0 fully saturated rings. The third-order valence-corrected chi connectivity index (χ3v) is 29.3. The number of aromatic nitrogens is 2. The maximum atomic E-state index is 2.50. The van der Waals surface area contributed by atoms with Crippen molar-refractivity contribution in [1.29, 1.82) is 0 Å². The first-order chi connectivity index (χ1) is 66.8. The molecule has 2 heterocycles. The number of hydrogen-bond donors (Lipinski definition) is 0. The van der Waals surface area contributed by atoms with Crippen LogP contribution in [-0.2, 0) is 10.8 Å². The van der Waals surface area contributed by atoms with Gasteiger partial charge in [0.1, 0.15) is 0 Å². The summed E-state index contributed by atoms with van der Waals surface area (Å²) in [6.45, 7) is 14.0. The summed E-state index contributed by atoms with van der Waals surface area (Å²) < 4.78 is 4.77. The minimum absolute atomic E-state index is 0.248. The molecule has 0 spiro atoms. The SMILES string of the molecule is Cc1ccc2c(-c3ccc(-c4ccccc4)cc3)c3ccccc3c(-c3ccc4c(c3)C(C)(C)c3cc(N(c5ccccc5)c5ccc(-n6c7ccccc7c7ccccc76)cc5)ccc3-4)c2c1.Cc1ccc2c(-c3ccc4c(c3)C(C)(C)c3cc(N(c5ccccc5)c5ccc(-n6c7ccccc7c7ccccc76)cc5)ccc3-4)c3ccccc3c(-c3ccc(-c4ccccc4)cc3)c2c1. The highest BCUT2D eigenvalue weighted by Crippen LogP contribution is 2.57. The summed E-state index contributed by atoms with van der Waals surface area (Å²) in [4.78, 5) is 4.80. The number of aryl methyl sites for hydroxylation is 2. The summed E-state index contributed by atoms with van der Waals surface area (Å²) in [5.74, 6) is 0. The molecule has 2 aromatic heterocycles. The van der Waals surface area contributed by atoms with Crippen LogP contribution >= 0.6 is 0 Å². The summed E-state index contributed by atoms with van der Waals surface area (Å²) >= 11 is 0. The van der Waals surface area contributed by atoms with Crippen molar-refractivity contribution in [2.45, 2.75) is 52.4 Å². The fourth-order valence-corrected chi connectivity index (χ4v) is 22.7. The first-order valence-corrected chi connectivity index (χ1v) is 47.5. The van der Waals surface area contributed by atoms with Crippen LogP contribution in [0.1, 0.15) is 61.1 Å². The molecule has 2 aliphatic rings. The molecule has 22 aromatic carbocycles. The van der Waals surface area contributed by atoms with Crippen LogP contribution in [0.2, 0.25) is 0 Å². The summed E-state index contributed by atoms with van der Waals surface area (Å²) in [5, 5.41) is 15.2. The lowest BCUT2D eigenvalue weighted by Crippen LogP contribution is -2.16. The lowest BCUT2D eigenvalue weighted by Gasteiger charge is -2.28. The van der Waals surface area contributed by atoms with E-state index in [1.54, 1.807) is 0 Å². The Morgan fingerprint density at radius 1 is 0.169 bits per heavy atom. The summed E-state index contributed by atoms with van der Waals surface area (Å²) in [6.07, 6.45) is 0. The van der Waals surface area contributed by atoms with Crippen molar-refractivity contribution in [3.05, 3.63) is 507 Å². The molecular formula is C132H96N4. The Hall–Kier alpha value is -16.9. The van der Waals surface area contributed by atoms with Gasteiger partial charge in [-0.1, -0.05) is 379 Å². The van der Waals surface area contributed by atoms with E-state index in [2.05, 4.69) is 534 Å². The fraction of sp³-hybridized carbons (Fsp3) is 0.0606. The number of fused-ring (bicyclic) bond motifs is 16. The van der Waals surface area contributed by atoms with Crippen molar-refractivity contribution in [3.8, 4) is 100 Å². The third-order valence-electron chi connectivity index (χ3n) is 29.3. The largest absolute Gasteiger partial charge is 0.310 e. The molecule has 0 amide bonds. The second kappa shape index (κ2) is 32.5. The maximum Gasteiger partial charge on any atom is 0.0541 e. The van der Waals surface area contributed by atoms with Crippen LogP contribution in [0.25, 0.3) is 187 Å². The van der Waals surface area contributed by atoms with Gasteiger partial charge in [0.15, 0.2) is 0 Å². The lowest BCUT2D eigenvalue weighted by molar-refractivity contribution is 0.660. The van der Waals surface area contributed by atoms with Gasteiger partial charge in [-0.25, -0.2) is 0 Å².